The van der Waals surface area contributed by atoms with Gasteiger partial charge in [-0.25, -0.2) is 4.39 Å². The average Bonchev–Trinajstić information content (AvgIpc) is 2.43. The Kier molecular flexibility index (Phi) is 5.04. The molecule has 0 saturated heterocycles. The van der Waals surface area contributed by atoms with Gasteiger partial charge in [-0.1, -0.05) is 29.3 Å². The van der Waals surface area contributed by atoms with Crippen LogP contribution < -0.4 is 10.1 Å². The minimum absolute atomic E-state index is 0.273. The van der Waals surface area contributed by atoms with Crippen molar-refractivity contribution in [2.75, 3.05) is 5.32 Å². The van der Waals surface area contributed by atoms with Crippen LogP contribution in [0.2, 0.25) is 10.0 Å². The summed E-state index contributed by atoms with van der Waals surface area (Å²) in [6.07, 6.45) is -0.818. The summed E-state index contributed by atoms with van der Waals surface area (Å²) in [6.45, 7) is 1.55. The predicted molar refractivity (Wildman–Crippen MR) is 81.6 cm³/mol. The van der Waals surface area contributed by atoms with Gasteiger partial charge in [-0.2, -0.15) is 0 Å². The molecule has 0 aliphatic carbocycles. The van der Waals surface area contributed by atoms with Crippen LogP contribution in [0.5, 0.6) is 5.75 Å². The fraction of sp³-hybridized carbons (Fsp3) is 0.133. The molecule has 3 nitrogen and oxygen atoms in total. The molecule has 1 N–H and O–H groups in total. The first kappa shape index (κ1) is 15.6. The van der Waals surface area contributed by atoms with Gasteiger partial charge in [0, 0.05) is 11.1 Å². The molecule has 0 radical (unpaired) electrons. The largest absolute Gasteiger partial charge is 0.481 e. The molecular weight excluding hydrogens is 316 g/mol. The van der Waals surface area contributed by atoms with Crippen LogP contribution in [0.25, 0.3) is 0 Å². The number of amides is 1. The van der Waals surface area contributed by atoms with Crippen molar-refractivity contribution >= 4 is 34.8 Å². The molecule has 0 aliphatic heterocycles. The van der Waals surface area contributed by atoms with E-state index >= 15 is 0 Å². The summed E-state index contributed by atoms with van der Waals surface area (Å²) >= 11 is 11.8. The summed E-state index contributed by atoms with van der Waals surface area (Å²) < 4.78 is 18.4. The first-order chi connectivity index (χ1) is 9.95. The van der Waals surface area contributed by atoms with E-state index in [0.29, 0.717) is 15.7 Å². The van der Waals surface area contributed by atoms with E-state index < -0.39 is 17.8 Å². The molecule has 0 aromatic heterocycles. The van der Waals surface area contributed by atoms with Crippen LogP contribution in [0, 0.1) is 5.82 Å². The van der Waals surface area contributed by atoms with Gasteiger partial charge in [0.15, 0.2) is 6.10 Å². The Morgan fingerprint density at radius 1 is 1.24 bits per heavy atom. The van der Waals surface area contributed by atoms with Crippen LogP contribution in [0.3, 0.4) is 0 Å². The third-order valence-electron chi connectivity index (χ3n) is 2.66. The zero-order valence-electron chi connectivity index (χ0n) is 11.1. The summed E-state index contributed by atoms with van der Waals surface area (Å²) in [7, 11) is 0. The normalized spacial score (nSPS) is 11.8. The Hall–Kier alpha value is -1.78. The Bertz CT molecular complexity index is 664. The van der Waals surface area contributed by atoms with Crippen molar-refractivity contribution in [2.45, 2.75) is 13.0 Å². The Labute approximate surface area is 131 Å². The zero-order chi connectivity index (χ0) is 15.4. The molecule has 1 atom stereocenters. The molecule has 0 fully saturated rings. The van der Waals surface area contributed by atoms with E-state index in [0.717, 1.165) is 0 Å². The summed E-state index contributed by atoms with van der Waals surface area (Å²) in [5.74, 6) is -0.573. The molecular formula is C15H12Cl2FNO2. The van der Waals surface area contributed by atoms with E-state index in [9.17, 15) is 9.18 Å². The standard InChI is InChI=1S/C15H12Cl2FNO2/c1-9(21-12-4-2-3-11(18)8-12)15(20)19-14-7-10(16)5-6-13(14)17/h2-9H,1H3,(H,19,20)/t9-/m1/s1. The van der Waals surface area contributed by atoms with E-state index in [1.54, 1.807) is 25.1 Å². The Morgan fingerprint density at radius 2 is 2.00 bits per heavy atom. The second kappa shape index (κ2) is 6.78. The zero-order valence-corrected chi connectivity index (χ0v) is 12.6. The van der Waals surface area contributed by atoms with E-state index in [1.807, 2.05) is 0 Å². The second-order valence-electron chi connectivity index (χ2n) is 4.33. The Morgan fingerprint density at radius 3 is 2.71 bits per heavy atom. The van der Waals surface area contributed by atoms with E-state index in [4.69, 9.17) is 27.9 Å². The molecule has 6 heteroatoms. The van der Waals surface area contributed by atoms with Crippen molar-refractivity contribution < 1.29 is 13.9 Å². The minimum atomic E-state index is -0.818. The summed E-state index contributed by atoms with van der Waals surface area (Å²) in [5.41, 5.74) is 0.392. The highest BCUT2D eigenvalue weighted by atomic mass is 35.5. The van der Waals surface area contributed by atoms with Gasteiger partial charge in [0.1, 0.15) is 11.6 Å². The maximum absolute atomic E-state index is 13.1. The Balaban J connectivity index is 2.04. The number of rotatable bonds is 4. The lowest BCUT2D eigenvalue weighted by Gasteiger charge is -2.15. The van der Waals surface area contributed by atoms with Crippen molar-refractivity contribution in [3.63, 3.8) is 0 Å². The smallest absolute Gasteiger partial charge is 0.265 e. The van der Waals surface area contributed by atoms with E-state index in [-0.39, 0.29) is 5.75 Å². The summed E-state index contributed by atoms with van der Waals surface area (Å²) in [6, 6.07) is 10.3. The lowest BCUT2D eigenvalue weighted by atomic mass is 10.3. The predicted octanol–water partition coefficient (Wildman–Crippen LogP) is 4.54. The first-order valence-electron chi connectivity index (χ1n) is 6.14. The summed E-state index contributed by atoms with van der Waals surface area (Å²) in [5, 5.41) is 3.43. The van der Waals surface area contributed by atoms with Gasteiger partial charge in [0.25, 0.3) is 5.91 Å². The molecule has 2 aromatic rings. The number of anilines is 1. The average molecular weight is 328 g/mol. The lowest BCUT2D eigenvalue weighted by molar-refractivity contribution is -0.122. The van der Waals surface area contributed by atoms with Crippen LogP contribution in [-0.4, -0.2) is 12.0 Å². The van der Waals surface area contributed by atoms with Gasteiger partial charge in [-0.05, 0) is 37.3 Å². The minimum Gasteiger partial charge on any atom is -0.481 e. The first-order valence-corrected chi connectivity index (χ1v) is 6.89. The highest BCUT2D eigenvalue weighted by Gasteiger charge is 2.16. The third kappa shape index (κ3) is 4.34. The second-order valence-corrected chi connectivity index (χ2v) is 5.17. The lowest BCUT2D eigenvalue weighted by Crippen LogP contribution is -2.30. The van der Waals surface area contributed by atoms with Crippen molar-refractivity contribution in [3.05, 3.63) is 58.3 Å². The molecule has 0 spiro atoms. The number of hydrogen-bond acceptors (Lipinski definition) is 2. The molecule has 1 amide bonds. The fourth-order valence-electron chi connectivity index (χ4n) is 1.63. The van der Waals surface area contributed by atoms with Crippen LogP contribution in [0.4, 0.5) is 10.1 Å². The highest BCUT2D eigenvalue weighted by molar-refractivity contribution is 6.35. The van der Waals surface area contributed by atoms with E-state index in [1.165, 1.54) is 24.3 Å². The van der Waals surface area contributed by atoms with Crippen LogP contribution in [0.1, 0.15) is 6.92 Å². The number of halogens is 3. The summed E-state index contributed by atoms with van der Waals surface area (Å²) in [4.78, 5) is 12.0. The van der Waals surface area contributed by atoms with E-state index in [2.05, 4.69) is 5.32 Å². The number of ether oxygens (including phenoxy) is 1. The molecule has 0 heterocycles. The van der Waals surface area contributed by atoms with Crippen LogP contribution in [0.15, 0.2) is 42.5 Å². The van der Waals surface area contributed by atoms with Gasteiger partial charge < -0.3 is 10.1 Å². The SMILES string of the molecule is C[C@@H](Oc1cccc(F)c1)C(=O)Nc1cc(Cl)ccc1Cl. The maximum atomic E-state index is 13.1. The van der Waals surface area contributed by atoms with Gasteiger partial charge in [-0.15, -0.1) is 0 Å². The quantitative estimate of drug-likeness (QED) is 0.895. The highest BCUT2D eigenvalue weighted by Crippen LogP contribution is 2.25. The van der Waals surface area contributed by atoms with Gasteiger partial charge in [0.05, 0.1) is 10.7 Å². The number of benzene rings is 2. The molecule has 2 aromatic carbocycles. The van der Waals surface area contributed by atoms with Gasteiger partial charge in [0.2, 0.25) is 0 Å². The number of hydrogen-bond donors (Lipinski definition) is 1. The van der Waals surface area contributed by atoms with Crippen LogP contribution >= 0.6 is 23.2 Å². The molecule has 2 rings (SSSR count). The van der Waals surface area contributed by atoms with Crippen molar-refractivity contribution in [2.24, 2.45) is 0 Å². The van der Waals surface area contributed by atoms with Crippen molar-refractivity contribution in [1.29, 1.82) is 0 Å². The number of nitrogens with one attached hydrogen (secondary N) is 1. The molecule has 21 heavy (non-hydrogen) atoms. The van der Waals surface area contributed by atoms with Gasteiger partial charge in [-0.3, -0.25) is 4.79 Å². The molecule has 110 valence electrons. The topological polar surface area (TPSA) is 38.3 Å². The molecule has 0 bridgehead atoms. The third-order valence-corrected chi connectivity index (χ3v) is 3.23. The maximum Gasteiger partial charge on any atom is 0.265 e. The molecule has 0 unspecified atom stereocenters. The van der Waals surface area contributed by atoms with Crippen molar-refractivity contribution in [1.82, 2.24) is 0 Å². The van der Waals surface area contributed by atoms with Crippen molar-refractivity contribution in [3.8, 4) is 5.75 Å². The number of carbonyl (C=O) groups excluding carboxylic acids is 1. The van der Waals surface area contributed by atoms with Crippen LogP contribution in [-0.2, 0) is 4.79 Å². The fourth-order valence-corrected chi connectivity index (χ4v) is 1.96. The number of carbonyl (C=O) groups is 1. The monoisotopic (exact) mass is 327 g/mol. The molecule has 0 aliphatic rings. The molecule has 0 saturated carbocycles. The van der Waals surface area contributed by atoms with Gasteiger partial charge >= 0.3 is 0 Å².